The molecule has 3 heterocycles. The number of hydrogen-bond acceptors (Lipinski definition) is 5. The van der Waals surface area contributed by atoms with E-state index in [1.807, 2.05) is 19.9 Å². The highest BCUT2D eigenvalue weighted by Gasteiger charge is 2.31. The summed E-state index contributed by atoms with van der Waals surface area (Å²) in [7, 11) is -3.47. The fourth-order valence-corrected chi connectivity index (χ4v) is 5.97. The first-order chi connectivity index (χ1) is 15.5. The number of sulfonamides is 1. The normalized spacial score (nSPS) is 20.3. The van der Waals surface area contributed by atoms with Gasteiger partial charge in [-0.05, 0) is 37.7 Å². The summed E-state index contributed by atoms with van der Waals surface area (Å²) in [5, 5.41) is 3.49. The van der Waals surface area contributed by atoms with E-state index in [2.05, 4.69) is 29.6 Å². The van der Waals surface area contributed by atoms with Gasteiger partial charge in [-0.3, -0.25) is 0 Å². The third kappa shape index (κ3) is 5.67. The summed E-state index contributed by atoms with van der Waals surface area (Å²) >= 11 is 0. The molecule has 1 fully saturated rings. The fourth-order valence-electron chi connectivity index (χ4n) is 4.63. The Kier molecular flexibility index (Phi) is 6.70. The molecule has 0 unspecified atom stereocenters. The Labute approximate surface area is 190 Å². The molecule has 3 aromatic rings. The number of alkyl halides is 3. The number of hydrogen-bond donors (Lipinski definition) is 3. The van der Waals surface area contributed by atoms with Crippen LogP contribution in [0.1, 0.15) is 51.4 Å². The van der Waals surface area contributed by atoms with Gasteiger partial charge in [0.15, 0.2) is 0 Å². The van der Waals surface area contributed by atoms with Crippen LogP contribution in [-0.2, 0) is 16.6 Å². The lowest BCUT2D eigenvalue weighted by Crippen LogP contribution is -2.39. The molecule has 33 heavy (non-hydrogen) atoms. The number of aromatic amines is 1. The number of fused-ring (bicyclic) bond motifs is 3. The second-order valence-corrected chi connectivity index (χ2v) is 11.0. The van der Waals surface area contributed by atoms with Gasteiger partial charge in [0, 0.05) is 23.7 Å². The molecule has 0 saturated heterocycles. The molecule has 1 saturated carbocycles. The van der Waals surface area contributed by atoms with E-state index in [-0.39, 0.29) is 30.3 Å². The maximum atomic E-state index is 12.6. The molecule has 1 aliphatic carbocycles. The standard InChI is InChI=1S/C21H29F3N6O2S/c1-13(2)11-33(31,32)28-10-18-29-17-9-26-20-16(7-8-25-20)19(17)30(18)15-5-3-14(4-6-15)27-12-21(22,23)24/h7-9,13-15,27-28H,3-6,10-12H2,1-2H3,(H,25,26). The van der Waals surface area contributed by atoms with Crippen molar-refractivity contribution in [1.29, 1.82) is 0 Å². The number of pyridine rings is 1. The van der Waals surface area contributed by atoms with Crippen LogP contribution >= 0.6 is 0 Å². The van der Waals surface area contributed by atoms with E-state index in [0.717, 1.165) is 10.9 Å². The molecule has 4 rings (SSSR count). The summed E-state index contributed by atoms with van der Waals surface area (Å²) in [6.07, 6.45) is 1.75. The van der Waals surface area contributed by atoms with Gasteiger partial charge in [-0.2, -0.15) is 13.2 Å². The number of imidazole rings is 1. The second kappa shape index (κ2) is 9.22. The predicted octanol–water partition coefficient (Wildman–Crippen LogP) is 3.62. The molecule has 3 N–H and O–H groups in total. The largest absolute Gasteiger partial charge is 0.401 e. The van der Waals surface area contributed by atoms with Crippen LogP contribution < -0.4 is 10.0 Å². The number of H-pyrrole nitrogens is 1. The van der Waals surface area contributed by atoms with Crippen LogP contribution in [0.5, 0.6) is 0 Å². The quantitative estimate of drug-likeness (QED) is 0.451. The number of nitrogens with zero attached hydrogens (tertiary/aromatic N) is 3. The highest BCUT2D eigenvalue weighted by molar-refractivity contribution is 7.89. The first kappa shape index (κ1) is 24.0. The van der Waals surface area contributed by atoms with Gasteiger partial charge in [0.05, 0.1) is 30.6 Å². The second-order valence-electron chi connectivity index (χ2n) is 9.13. The van der Waals surface area contributed by atoms with Crippen LogP contribution in [0.4, 0.5) is 13.2 Å². The maximum absolute atomic E-state index is 12.6. The molecule has 0 radical (unpaired) electrons. The Balaban J connectivity index is 1.61. The van der Waals surface area contributed by atoms with Crippen LogP contribution in [0.25, 0.3) is 22.1 Å². The lowest BCUT2D eigenvalue weighted by molar-refractivity contribution is -0.126. The highest BCUT2D eigenvalue weighted by atomic mass is 32.2. The van der Waals surface area contributed by atoms with Gasteiger partial charge < -0.3 is 14.9 Å². The topological polar surface area (TPSA) is 105 Å². The third-order valence-corrected chi connectivity index (χ3v) is 7.65. The van der Waals surface area contributed by atoms with E-state index in [1.165, 1.54) is 0 Å². The van der Waals surface area contributed by atoms with Crippen molar-refractivity contribution >= 4 is 32.1 Å². The maximum Gasteiger partial charge on any atom is 0.401 e. The van der Waals surface area contributed by atoms with E-state index >= 15 is 0 Å². The molecular weight excluding hydrogens is 457 g/mol. The van der Waals surface area contributed by atoms with Crippen molar-refractivity contribution < 1.29 is 21.6 Å². The summed E-state index contributed by atoms with van der Waals surface area (Å²) in [5.41, 5.74) is 2.24. The molecule has 3 aromatic heterocycles. The van der Waals surface area contributed by atoms with E-state index in [1.54, 1.807) is 12.4 Å². The Hall–Kier alpha value is -2.18. The minimum absolute atomic E-state index is 0.00374. The molecule has 0 bridgehead atoms. The lowest BCUT2D eigenvalue weighted by atomic mass is 9.90. The number of aromatic nitrogens is 4. The first-order valence-electron chi connectivity index (χ1n) is 11.1. The molecular formula is C21H29F3N6O2S. The van der Waals surface area contributed by atoms with Gasteiger partial charge in [0.25, 0.3) is 0 Å². The van der Waals surface area contributed by atoms with Crippen LogP contribution in [-0.4, -0.2) is 52.5 Å². The van der Waals surface area contributed by atoms with Gasteiger partial charge in [0.2, 0.25) is 10.0 Å². The van der Waals surface area contributed by atoms with Crippen molar-refractivity contribution in [3.8, 4) is 0 Å². The van der Waals surface area contributed by atoms with Crippen molar-refractivity contribution in [3.05, 3.63) is 24.3 Å². The molecule has 12 heteroatoms. The van der Waals surface area contributed by atoms with Gasteiger partial charge in [0.1, 0.15) is 17.0 Å². The molecule has 0 amide bonds. The monoisotopic (exact) mass is 486 g/mol. The van der Waals surface area contributed by atoms with Gasteiger partial charge in [-0.25, -0.2) is 23.1 Å². The zero-order chi connectivity index (χ0) is 23.8. The molecule has 0 spiro atoms. The van der Waals surface area contributed by atoms with Crippen LogP contribution in [0.3, 0.4) is 0 Å². The Morgan fingerprint density at radius 2 is 1.97 bits per heavy atom. The number of halogens is 3. The number of rotatable bonds is 8. The minimum Gasteiger partial charge on any atom is -0.346 e. The van der Waals surface area contributed by atoms with E-state index < -0.39 is 22.7 Å². The van der Waals surface area contributed by atoms with Crippen LogP contribution in [0, 0.1) is 5.92 Å². The smallest absolute Gasteiger partial charge is 0.346 e. The van der Waals surface area contributed by atoms with Crippen molar-refractivity contribution in [2.75, 3.05) is 12.3 Å². The average Bonchev–Trinajstić information content (AvgIpc) is 3.33. The van der Waals surface area contributed by atoms with Crippen molar-refractivity contribution in [1.82, 2.24) is 29.6 Å². The van der Waals surface area contributed by atoms with Crippen molar-refractivity contribution in [2.45, 2.75) is 64.3 Å². The molecule has 0 atom stereocenters. The Morgan fingerprint density at radius 3 is 2.64 bits per heavy atom. The molecule has 182 valence electrons. The minimum atomic E-state index is -4.23. The van der Waals surface area contributed by atoms with Crippen LogP contribution in [0.2, 0.25) is 0 Å². The first-order valence-corrected chi connectivity index (χ1v) is 12.8. The number of nitrogens with one attached hydrogen (secondary N) is 3. The SMILES string of the molecule is CC(C)CS(=O)(=O)NCc1nc2cnc3[nH]ccc3c2n1C1CCC(NCC(F)(F)F)CC1. The van der Waals surface area contributed by atoms with Crippen molar-refractivity contribution in [3.63, 3.8) is 0 Å². The van der Waals surface area contributed by atoms with E-state index in [0.29, 0.717) is 42.7 Å². The van der Waals surface area contributed by atoms with Gasteiger partial charge >= 0.3 is 6.18 Å². The van der Waals surface area contributed by atoms with Gasteiger partial charge in [-0.1, -0.05) is 13.8 Å². The highest BCUT2D eigenvalue weighted by Crippen LogP contribution is 2.35. The van der Waals surface area contributed by atoms with Crippen LogP contribution in [0.15, 0.2) is 18.5 Å². The molecule has 0 aliphatic heterocycles. The zero-order valence-corrected chi connectivity index (χ0v) is 19.4. The lowest BCUT2D eigenvalue weighted by Gasteiger charge is -2.31. The molecule has 8 nitrogen and oxygen atoms in total. The molecule has 0 aromatic carbocycles. The third-order valence-electron chi connectivity index (χ3n) is 5.96. The summed E-state index contributed by atoms with van der Waals surface area (Å²) in [6, 6.07) is 1.72. The average molecular weight is 487 g/mol. The Morgan fingerprint density at radius 1 is 1.24 bits per heavy atom. The summed E-state index contributed by atoms with van der Waals surface area (Å²) in [6.45, 7) is 2.73. The van der Waals surface area contributed by atoms with E-state index in [9.17, 15) is 21.6 Å². The van der Waals surface area contributed by atoms with Gasteiger partial charge in [-0.15, -0.1) is 0 Å². The summed E-state index contributed by atoms with van der Waals surface area (Å²) in [4.78, 5) is 12.2. The van der Waals surface area contributed by atoms with Crippen molar-refractivity contribution in [2.24, 2.45) is 5.92 Å². The van der Waals surface area contributed by atoms with E-state index in [4.69, 9.17) is 0 Å². The fraction of sp³-hybridized carbons (Fsp3) is 0.619. The predicted molar refractivity (Wildman–Crippen MR) is 120 cm³/mol. The Bertz CT molecular complexity index is 1210. The molecule has 1 aliphatic rings. The summed E-state index contributed by atoms with van der Waals surface area (Å²) in [5.74, 6) is 0.594. The summed E-state index contributed by atoms with van der Waals surface area (Å²) < 4.78 is 67.3. The zero-order valence-electron chi connectivity index (χ0n) is 18.6.